The van der Waals surface area contributed by atoms with Crippen molar-refractivity contribution in [3.8, 4) is 22.3 Å². The van der Waals surface area contributed by atoms with Crippen LogP contribution in [-0.2, 0) is 0 Å². The zero-order valence-electron chi connectivity index (χ0n) is 19.4. The smallest absolute Gasteiger partial charge is 0.261 e. The molecule has 0 unspecified atom stereocenters. The van der Waals surface area contributed by atoms with Crippen LogP contribution in [0.15, 0.2) is 54.6 Å². The van der Waals surface area contributed by atoms with Gasteiger partial charge in [-0.2, -0.15) is 0 Å². The van der Waals surface area contributed by atoms with Crippen LogP contribution in [0.3, 0.4) is 0 Å². The zero-order valence-corrected chi connectivity index (χ0v) is 19.4. The van der Waals surface area contributed by atoms with Crippen LogP contribution in [0.4, 0.5) is 17.1 Å². The van der Waals surface area contributed by atoms with E-state index in [9.17, 15) is 9.59 Å². The van der Waals surface area contributed by atoms with E-state index < -0.39 is 0 Å². The third kappa shape index (κ3) is 3.58. The number of amides is 2. The molecule has 0 bridgehead atoms. The molecule has 3 aromatic carbocycles. The van der Waals surface area contributed by atoms with Crippen LogP contribution < -0.4 is 20.0 Å². The summed E-state index contributed by atoms with van der Waals surface area (Å²) < 4.78 is 0. The van der Waals surface area contributed by atoms with Gasteiger partial charge in [0.1, 0.15) is 0 Å². The van der Waals surface area contributed by atoms with Crippen molar-refractivity contribution < 1.29 is 9.59 Å². The first-order valence-electron chi connectivity index (χ1n) is 10.5. The van der Waals surface area contributed by atoms with Gasteiger partial charge in [-0.05, 0) is 47.0 Å². The van der Waals surface area contributed by atoms with Crippen LogP contribution in [-0.4, -0.2) is 54.1 Å². The quantitative estimate of drug-likeness (QED) is 0.620. The molecule has 1 heterocycles. The van der Waals surface area contributed by atoms with Crippen molar-refractivity contribution in [2.24, 2.45) is 0 Å². The Morgan fingerprint density at radius 2 is 1.03 bits per heavy atom. The van der Waals surface area contributed by atoms with Gasteiger partial charge >= 0.3 is 0 Å². The Bertz CT molecular complexity index is 1190. The largest absolute Gasteiger partial charge is 0.378 e. The van der Waals surface area contributed by atoms with Gasteiger partial charge in [-0.15, -0.1) is 0 Å². The predicted molar refractivity (Wildman–Crippen MR) is 132 cm³/mol. The minimum atomic E-state index is -0.355. The maximum atomic E-state index is 13.0. The second-order valence-electron chi connectivity index (χ2n) is 8.63. The number of benzene rings is 3. The van der Waals surface area contributed by atoms with Crippen molar-refractivity contribution >= 4 is 28.9 Å². The van der Waals surface area contributed by atoms with Gasteiger partial charge in [0.15, 0.2) is 0 Å². The lowest BCUT2D eigenvalue weighted by Crippen LogP contribution is -2.21. The van der Waals surface area contributed by atoms with Gasteiger partial charge < -0.3 is 14.7 Å². The van der Waals surface area contributed by atoms with E-state index in [-0.39, 0.29) is 11.8 Å². The first kappa shape index (κ1) is 21.4. The fraction of sp³-hybridized carbons (Fsp3) is 0.231. The second-order valence-corrected chi connectivity index (χ2v) is 8.63. The molecule has 0 spiro atoms. The molecule has 0 fully saturated rings. The summed E-state index contributed by atoms with van der Waals surface area (Å²) in [4.78, 5) is 31.7. The molecule has 0 saturated carbocycles. The normalized spacial score (nSPS) is 12.4. The van der Waals surface area contributed by atoms with Crippen LogP contribution in [0, 0.1) is 0 Å². The summed E-state index contributed by atoms with van der Waals surface area (Å²) in [5.74, 6) is -0.707. The minimum Gasteiger partial charge on any atom is -0.378 e. The average Bonchev–Trinajstić information content (AvgIpc) is 3.06. The number of anilines is 3. The number of hydrogen-bond donors (Lipinski definition) is 1. The number of nitrogens with one attached hydrogen (secondary N) is 1. The first-order valence-corrected chi connectivity index (χ1v) is 10.5. The molecule has 0 aliphatic carbocycles. The number of fused-ring (bicyclic) bond motifs is 1. The Labute approximate surface area is 189 Å². The number of imide groups is 1. The van der Waals surface area contributed by atoms with Gasteiger partial charge in [0.25, 0.3) is 11.8 Å². The highest BCUT2D eigenvalue weighted by Gasteiger charge is 2.35. The molecule has 164 valence electrons. The fourth-order valence-corrected chi connectivity index (χ4v) is 4.10. The Hall–Kier alpha value is -3.80. The monoisotopic (exact) mass is 428 g/mol. The van der Waals surface area contributed by atoms with E-state index in [0.29, 0.717) is 11.1 Å². The average molecular weight is 429 g/mol. The highest BCUT2D eigenvalue weighted by molar-refractivity contribution is 6.27. The van der Waals surface area contributed by atoms with Crippen LogP contribution in [0.1, 0.15) is 20.7 Å². The van der Waals surface area contributed by atoms with Crippen LogP contribution in [0.5, 0.6) is 0 Å². The third-order valence-corrected chi connectivity index (χ3v) is 5.84. The van der Waals surface area contributed by atoms with Gasteiger partial charge in [-0.1, -0.05) is 24.3 Å². The van der Waals surface area contributed by atoms with Crippen molar-refractivity contribution in [2.45, 2.75) is 0 Å². The summed E-state index contributed by atoms with van der Waals surface area (Å²) in [6.45, 7) is 0. The third-order valence-electron chi connectivity index (χ3n) is 5.84. The standard InChI is InChI=1S/C26H28N4O2/c1-28(2)18-11-7-16(8-12-18)20-15-21(30(5)6)23-24(26(32)27-25(23)31)22(20)17-9-13-19(14-10-17)29(3)4/h7-15H,1-6H3,(H,27,31,32). The van der Waals surface area contributed by atoms with Gasteiger partial charge in [0, 0.05) is 59.2 Å². The van der Waals surface area contributed by atoms with Crippen molar-refractivity contribution in [1.82, 2.24) is 5.32 Å². The molecule has 32 heavy (non-hydrogen) atoms. The van der Waals surface area contributed by atoms with Crippen molar-refractivity contribution in [3.05, 3.63) is 65.7 Å². The lowest BCUT2D eigenvalue weighted by atomic mass is 9.87. The second kappa shape index (κ2) is 8.04. The van der Waals surface area contributed by atoms with Crippen molar-refractivity contribution in [2.75, 3.05) is 57.0 Å². The Morgan fingerprint density at radius 3 is 1.50 bits per heavy atom. The van der Waals surface area contributed by atoms with Gasteiger partial charge in [0.05, 0.1) is 16.8 Å². The number of hydrogen-bond acceptors (Lipinski definition) is 5. The molecule has 1 aliphatic heterocycles. The van der Waals surface area contributed by atoms with Crippen LogP contribution in [0.25, 0.3) is 22.3 Å². The summed E-state index contributed by atoms with van der Waals surface area (Å²) in [6.07, 6.45) is 0. The minimum absolute atomic E-state index is 0.352. The molecule has 0 atom stereocenters. The van der Waals surface area contributed by atoms with E-state index >= 15 is 0 Å². The van der Waals surface area contributed by atoms with Gasteiger partial charge in [-0.25, -0.2) is 0 Å². The van der Waals surface area contributed by atoms with Crippen LogP contribution in [0.2, 0.25) is 0 Å². The predicted octanol–water partition coefficient (Wildman–Crippen LogP) is 4.10. The molecule has 0 radical (unpaired) electrons. The molecule has 6 nitrogen and oxygen atoms in total. The van der Waals surface area contributed by atoms with E-state index in [1.54, 1.807) is 0 Å². The van der Waals surface area contributed by atoms with Crippen molar-refractivity contribution in [3.63, 3.8) is 0 Å². The molecular weight excluding hydrogens is 400 g/mol. The SMILES string of the molecule is CN(C)c1ccc(-c2cc(N(C)C)c3c(c2-c2ccc(N(C)C)cc2)C(=O)NC3=O)cc1. The summed E-state index contributed by atoms with van der Waals surface area (Å²) in [5.41, 5.74) is 7.32. The van der Waals surface area contributed by atoms with E-state index in [0.717, 1.165) is 39.3 Å². The zero-order chi connectivity index (χ0) is 23.2. The van der Waals surface area contributed by atoms with Crippen LogP contribution >= 0.6 is 0 Å². The highest BCUT2D eigenvalue weighted by Crippen LogP contribution is 2.43. The molecule has 6 heteroatoms. The van der Waals surface area contributed by atoms with E-state index in [2.05, 4.69) is 29.6 Å². The van der Waals surface area contributed by atoms with Gasteiger partial charge in [0.2, 0.25) is 0 Å². The van der Waals surface area contributed by atoms with Crippen molar-refractivity contribution in [1.29, 1.82) is 0 Å². The first-order chi connectivity index (χ1) is 15.2. The maximum Gasteiger partial charge on any atom is 0.261 e. The molecule has 1 N–H and O–H groups in total. The number of rotatable bonds is 5. The van der Waals surface area contributed by atoms with Gasteiger partial charge in [-0.3, -0.25) is 14.9 Å². The summed E-state index contributed by atoms with van der Waals surface area (Å²) in [5, 5.41) is 2.50. The summed E-state index contributed by atoms with van der Waals surface area (Å²) in [7, 11) is 11.8. The molecule has 4 rings (SSSR count). The number of nitrogens with zero attached hydrogens (tertiary/aromatic N) is 3. The lowest BCUT2D eigenvalue weighted by molar-refractivity contribution is 0.0880. The number of carbonyl (C=O) groups excluding carboxylic acids is 2. The summed E-state index contributed by atoms with van der Waals surface area (Å²) >= 11 is 0. The molecule has 2 amide bonds. The molecule has 3 aromatic rings. The number of carbonyl (C=O) groups is 2. The lowest BCUT2D eigenvalue weighted by Gasteiger charge is -2.22. The molecule has 1 aliphatic rings. The highest BCUT2D eigenvalue weighted by atomic mass is 16.2. The van der Waals surface area contributed by atoms with E-state index in [1.807, 2.05) is 87.3 Å². The molecule has 0 saturated heterocycles. The Kier molecular flexibility index (Phi) is 5.38. The fourth-order valence-electron chi connectivity index (χ4n) is 4.10. The van der Waals surface area contributed by atoms with E-state index in [1.165, 1.54) is 0 Å². The summed E-state index contributed by atoms with van der Waals surface area (Å²) in [6, 6.07) is 18.3. The molecular formula is C26H28N4O2. The molecule has 0 aromatic heterocycles. The Balaban J connectivity index is 2.03. The maximum absolute atomic E-state index is 13.0. The topological polar surface area (TPSA) is 55.9 Å². The van der Waals surface area contributed by atoms with E-state index in [4.69, 9.17) is 0 Å². The Morgan fingerprint density at radius 1 is 0.562 bits per heavy atom.